The maximum Gasteiger partial charge on any atom is 1.00 e. The van der Waals surface area contributed by atoms with Crippen molar-refractivity contribution in [2.24, 2.45) is 10.2 Å². The average Bonchev–Trinajstić information content (AvgIpc) is 3.18. The van der Waals surface area contributed by atoms with E-state index in [1.807, 2.05) is 43.3 Å². The minimum absolute atomic E-state index is 0. The van der Waals surface area contributed by atoms with Gasteiger partial charge in [-0.3, -0.25) is 0 Å². The zero-order valence-corrected chi connectivity index (χ0v) is 22.0. The molecule has 0 fully saturated rings. The van der Waals surface area contributed by atoms with E-state index in [0.29, 0.717) is 16.3 Å². The van der Waals surface area contributed by atoms with Gasteiger partial charge in [-0.1, -0.05) is 47.7 Å². The molecule has 4 aromatic rings. The molecular formula is C23H21N4NaO3S2. The summed E-state index contributed by atoms with van der Waals surface area (Å²) in [4.78, 5) is 3.99. The van der Waals surface area contributed by atoms with Gasteiger partial charge in [0.25, 0.3) is 0 Å². The molecule has 0 aliphatic rings. The smallest absolute Gasteiger partial charge is 0.744 e. The summed E-state index contributed by atoms with van der Waals surface area (Å²) < 4.78 is 34.4. The zero-order valence-electron chi connectivity index (χ0n) is 18.4. The fourth-order valence-corrected chi connectivity index (χ4v) is 4.48. The SMILES string of the molecule is Cc1ccc(NCCCc2ccccc2)c(N=Nc2nc3cc(S(=O)(=O)[O-])ccc3s2)c1.[Na+]. The molecular weight excluding hydrogens is 467 g/mol. The second-order valence-corrected chi connectivity index (χ2v) is 9.71. The summed E-state index contributed by atoms with van der Waals surface area (Å²) in [5.41, 5.74) is 4.36. The molecule has 0 bridgehead atoms. The Morgan fingerprint density at radius 1 is 1.03 bits per heavy atom. The van der Waals surface area contributed by atoms with Crippen LogP contribution >= 0.6 is 11.3 Å². The Hall–Kier alpha value is -2.14. The molecule has 1 heterocycles. The summed E-state index contributed by atoms with van der Waals surface area (Å²) in [6.45, 7) is 2.79. The van der Waals surface area contributed by atoms with Gasteiger partial charge in [0.1, 0.15) is 15.8 Å². The molecule has 0 aliphatic heterocycles. The van der Waals surface area contributed by atoms with Crippen molar-refractivity contribution in [2.75, 3.05) is 11.9 Å². The molecule has 0 radical (unpaired) electrons. The van der Waals surface area contributed by atoms with Crippen LogP contribution in [0.4, 0.5) is 16.5 Å². The van der Waals surface area contributed by atoms with Crippen molar-refractivity contribution < 1.29 is 42.5 Å². The van der Waals surface area contributed by atoms with Crippen molar-refractivity contribution >= 4 is 48.2 Å². The third kappa shape index (κ3) is 6.92. The molecule has 0 atom stereocenters. The predicted molar refractivity (Wildman–Crippen MR) is 126 cm³/mol. The maximum atomic E-state index is 11.2. The van der Waals surface area contributed by atoms with Gasteiger partial charge in [-0.15, -0.1) is 10.2 Å². The van der Waals surface area contributed by atoms with Crippen LogP contribution < -0.4 is 34.9 Å². The van der Waals surface area contributed by atoms with E-state index in [1.165, 1.54) is 29.0 Å². The van der Waals surface area contributed by atoms with Gasteiger partial charge in [0.15, 0.2) is 0 Å². The fourth-order valence-electron chi connectivity index (χ4n) is 3.22. The summed E-state index contributed by atoms with van der Waals surface area (Å²) >= 11 is 1.28. The van der Waals surface area contributed by atoms with Crippen molar-refractivity contribution in [3.05, 3.63) is 77.9 Å². The standard InChI is InChI=1S/C23H22N4O3S2.Na/c1-16-9-11-19(24-13-5-8-17-6-3-2-4-7-17)20(14-16)26-27-23-25-21-15-18(32(28,29)30)10-12-22(21)31-23;/h2-4,6-7,9-12,14-15,24H,5,8,13H2,1H3,(H,28,29,30);/q;+1/p-1. The first-order valence-corrected chi connectivity index (χ1v) is 12.3. The van der Waals surface area contributed by atoms with Crippen LogP contribution in [0, 0.1) is 6.92 Å². The number of hydrogen-bond acceptors (Lipinski definition) is 8. The number of nitrogens with zero attached hydrogens (tertiary/aromatic N) is 3. The van der Waals surface area contributed by atoms with Crippen LogP contribution in [-0.4, -0.2) is 24.5 Å². The van der Waals surface area contributed by atoms with E-state index in [1.54, 1.807) is 6.07 Å². The molecule has 0 saturated heterocycles. The van der Waals surface area contributed by atoms with Gasteiger partial charge in [-0.05, 0) is 61.2 Å². The second-order valence-electron chi connectivity index (χ2n) is 7.32. The molecule has 3 aromatic carbocycles. The molecule has 0 amide bonds. The number of aryl methyl sites for hydroxylation is 2. The summed E-state index contributed by atoms with van der Waals surface area (Å²) in [6.07, 6.45) is 1.97. The molecule has 10 heteroatoms. The Morgan fingerprint density at radius 2 is 1.82 bits per heavy atom. The number of fused-ring (bicyclic) bond motifs is 1. The third-order valence-electron chi connectivity index (χ3n) is 4.83. The zero-order chi connectivity index (χ0) is 22.6. The van der Waals surface area contributed by atoms with Crippen LogP contribution in [0.2, 0.25) is 0 Å². The van der Waals surface area contributed by atoms with Gasteiger partial charge >= 0.3 is 29.6 Å². The van der Waals surface area contributed by atoms with Crippen LogP contribution in [0.15, 0.2) is 81.9 Å². The number of benzene rings is 3. The molecule has 164 valence electrons. The molecule has 4 rings (SSSR count). The molecule has 7 nitrogen and oxygen atoms in total. The van der Waals surface area contributed by atoms with Gasteiger partial charge in [0.05, 0.1) is 20.8 Å². The summed E-state index contributed by atoms with van der Waals surface area (Å²) in [6, 6.07) is 20.4. The normalized spacial score (nSPS) is 11.6. The number of azo groups is 1. The van der Waals surface area contributed by atoms with E-state index in [4.69, 9.17) is 0 Å². The first-order valence-electron chi connectivity index (χ1n) is 10.1. The number of nitrogens with one attached hydrogen (secondary N) is 1. The van der Waals surface area contributed by atoms with Gasteiger partial charge < -0.3 is 9.87 Å². The summed E-state index contributed by atoms with van der Waals surface area (Å²) in [7, 11) is -4.53. The molecule has 0 spiro atoms. The first-order chi connectivity index (χ1) is 15.4. The van der Waals surface area contributed by atoms with Gasteiger partial charge in [0.2, 0.25) is 5.13 Å². The fraction of sp³-hybridized carbons (Fsp3) is 0.174. The molecule has 33 heavy (non-hydrogen) atoms. The van der Waals surface area contributed by atoms with Crippen LogP contribution in [0.1, 0.15) is 17.5 Å². The van der Waals surface area contributed by atoms with Gasteiger partial charge in [-0.25, -0.2) is 13.4 Å². The second kappa shape index (κ2) is 11.3. The van der Waals surface area contributed by atoms with Gasteiger partial charge in [-0.2, -0.15) is 0 Å². The number of anilines is 1. The van der Waals surface area contributed by atoms with Crippen LogP contribution in [0.25, 0.3) is 10.2 Å². The molecule has 0 saturated carbocycles. The largest absolute Gasteiger partial charge is 1.00 e. The quantitative estimate of drug-likeness (QED) is 0.178. The van der Waals surface area contributed by atoms with Gasteiger partial charge in [0, 0.05) is 6.54 Å². The van der Waals surface area contributed by atoms with E-state index >= 15 is 0 Å². The topological polar surface area (TPSA) is 107 Å². The Balaban J connectivity index is 0.00000306. The number of thiazole rings is 1. The monoisotopic (exact) mass is 488 g/mol. The van der Waals surface area contributed by atoms with Crippen molar-refractivity contribution in [3.63, 3.8) is 0 Å². The molecule has 0 aliphatic carbocycles. The van der Waals surface area contributed by atoms with Crippen molar-refractivity contribution in [3.8, 4) is 0 Å². The van der Waals surface area contributed by atoms with E-state index in [-0.39, 0.29) is 34.5 Å². The number of rotatable bonds is 8. The molecule has 0 unspecified atom stereocenters. The first kappa shape index (κ1) is 25.5. The molecule has 1 N–H and O–H groups in total. The van der Waals surface area contributed by atoms with Crippen LogP contribution in [0.5, 0.6) is 0 Å². The van der Waals surface area contributed by atoms with E-state index in [2.05, 4.69) is 32.7 Å². The van der Waals surface area contributed by atoms with Crippen molar-refractivity contribution in [1.29, 1.82) is 0 Å². The third-order valence-corrected chi connectivity index (χ3v) is 6.59. The Bertz CT molecular complexity index is 1370. The summed E-state index contributed by atoms with van der Waals surface area (Å²) in [5, 5.41) is 12.4. The Morgan fingerprint density at radius 3 is 2.58 bits per heavy atom. The average molecular weight is 489 g/mol. The molecule has 1 aromatic heterocycles. The number of hydrogen-bond donors (Lipinski definition) is 1. The maximum absolute atomic E-state index is 11.2. The predicted octanol–water partition coefficient (Wildman–Crippen LogP) is 2.97. The number of aromatic nitrogens is 1. The minimum Gasteiger partial charge on any atom is -0.744 e. The Kier molecular flexibility index (Phi) is 8.75. The van der Waals surface area contributed by atoms with E-state index < -0.39 is 10.1 Å². The van der Waals surface area contributed by atoms with Crippen LogP contribution in [-0.2, 0) is 16.5 Å². The van der Waals surface area contributed by atoms with Crippen molar-refractivity contribution in [1.82, 2.24) is 4.98 Å². The van der Waals surface area contributed by atoms with E-state index in [9.17, 15) is 13.0 Å². The van der Waals surface area contributed by atoms with Crippen molar-refractivity contribution in [2.45, 2.75) is 24.7 Å². The Labute approximate surface area is 219 Å². The van der Waals surface area contributed by atoms with Crippen LogP contribution in [0.3, 0.4) is 0 Å². The van der Waals surface area contributed by atoms with E-state index in [0.717, 1.165) is 35.3 Å². The summed E-state index contributed by atoms with van der Waals surface area (Å²) in [5.74, 6) is 0. The minimum atomic E-state index is -4.53.